The van der Waals surface area contributed by atoms with Gasteiger partial charge in [0.2, 0.25) is 5.91 Å². The van der Waals surface area contributed by atoms with Crippen LogP contribution in [-0.2, 0) is 17.5 Å². The number of hydrogen-bond donors (Lipinski definition) is 0. The van der Waals surface area contributed by atoms with E-state index in [-0.39, 0.29) is 24.7 Å². The van der Waals surface area contributed by atoms with Crippen LogP contribution in [0.15, 0.2) is 46.7 Å². The first kappa shape index (κ1) is 24.1. The lowest BCUT2D eigenvalue weighted by molar-refractivity contribution is -0.134. The number of thiophene rings is 1. The van der Waals surface area contributed by atoms with Crippen LogP contribution in [0, 0.1) is 12.7 Å². The van der Waals surface area contributed by atoms with E-state index in [2.05, 4.69) is 14.9 Å². The Morgan fingerprint density at radius 3 is 2.59 bits per heavy atom. The number of nitrogens with zero attached hydrogens (tertiary/aromatic N) is 4. The summed E-state index contributed by atoms with van der Waals surface area (Å²) in [5, 5.41) is 0. The molecule has 0 saturated carbocycles. The number of hydrogen-bond acceptors (Lipinski definition) is 5. The van der Waals surface area contributed by atoms with Crippen molar-refractivity contribution < 1.29 is 22.4 Å². The molecule has 5 nitrogen and oxygen atoms in total. The lowest BCUT2D eigenvalue weighted by Gasteiger charge is -2.29. The minimum atomic E-state index is -4.40. The predicted molar refractivity (Wildman–Crippen MR) is 123 cm³/mol. The third kappa shape index (κ3) is 5.22. The Bertz CT molecular complexity index is 1180. The maximum Gasteiger partial charge on any atom is 0.425 e. The molecule has 10 heteroatoms. The lowest BCUT2D eigenvalue weighted by atomic mass is 10.0. The summed E-state index contributed by atoms with van der Waals surface area (Å²) in [4.78, 5) is 25.0. The molecule has 0 aromatic carbocycles. The van der Waals surface area contributed by atoms with Crippen LogP contribution in [0.5, 0.6) is 0 Å². The van der Waals surface area contributed by atoms with E-state index in [0.29, 0.717) is 47.8 Å². The fourth-order valence-electron chi connectivity index (χ4n) is 3.96. The van der Waals surface area contributed by atoms with E-state index in [1.54, 1.807) is 13.0 Å². The SMILES string of the molecule is CCC1=C(N2CC=C(c3ccc(F)c(C)n3)CC2)N=CN(Cc2ccc(C(F)(F)F)s2)C(=O)C1. The molecule has 0 radical (unpaired) electrons. The van der Waals surface area contributed by atoms with Gasteiger partial charge in [-0.25, -0.2) is 9.38 Å². The van der Waals surface area contributed by atoms with Crippen LogP contribution in [0.1, 0.15) is 47.3 Å². The second-order valence-electron chi connectivity index (χ2n) is 8.18. The van der Waals surface area contributed by atoms with E-state index in [1.807, 2.05) is 13.0 Å². The highest BCUT2D eigenvalue weighted by Crippen LogP contribution is 2.35. The molecule has 2 aromatic rings. The largest absolute Gasteiger partial charge is 0.425 e. The van der Waals surface area contributed by atoms with Crippen molar-refractivity contribution >= 4 is 29.2 Å². The fourth-order valence-corrected chi connectivity index (χ4v) is 4.83. The van der Waals surface area contributed by atoms with Crippen LogP contribution in [0.3, 0.4) is 0 Å². The first-order valence-electron chi connectivity index (χ1n) is 10.9. The molecule has 0 aliphatic carbocycles. The maximum absolute atomic E-state index is 13.6. The van der Waals surface area contributed by atoms with E-state index in [1.165, 1.54) is 23.4 Å². The van der Waals surface area contributed by atoms with Gasteiger partial charge < -0.3 is 4.90 Å². The number of aromatic nitrogens is 1. The number of aryl methyl sites for hydroxylation is 1. The Kier molecular flexibility index (Phi) is 6.88. The fraction of sp³-hybridized carbons (Fsp3) is 0.375. The number of rotatable bonds is 5. The molecule has 34 heavy (non-hydrogen) atoms. The Balaban J connectivity index is 1.50. The average Bonchev–Trinajstić information content (AvgIpc) is 3.22. The maximum atomic E-state index is 13.6. The molecule has 180 valence electrons. The molecule has 2 aliphatic rings. The molecule has 4 rings (SSSR count). The van der Waals surface area contributed by atoms with Gasteiger partial charge in [-0.1, -0.05) is 13.0 Å². The zero-order chi connectivity index (χ0) is 24.5. The summed E-state index contributed by atoms with van der Waals surface area (Å²) in [5.74, 6) is 0.189. The Morgan fingerprint density at radius 1 is 1.18 bits per heavy atom. The molecule has 0 N–H and O–H groups in total. The number of alkyl halides is 3. The second kappa shape index (κ2) is 9.69. The molecule has 0 saturated heterocycles. The van der Waals surface area contributed by atoms with Crippen molar-refractivity contribution in [1.29, 1.82) is 0 Å². The molecule has 0 atom stereocenters. The van der Waals surface area contributed by atoms with Crippen molar-refractivity contribution in [2.24, 2.45) is 4.99 Å². The third-order valence-corrected chi connectivity index (χ3v) is 6.99. The van der Waals surface area contributed by atoms with Crippen LogP contribution >= 0.6 is 11.3 Å². The number of aliphatic imine (C=N–C) groups is 1. The first-order chi connectivity index (χ1) is 16.2. The molecule has 1 amide bonds. The molecule has 2 aliphatic heterocycles. The normalized spacial score (nSPS) is 17.4. The van der Waals surface area contributed by atoms with Crippen molar-refractivity contribution in [3.05, 3.63) is 68.7 Å². The van der Waals surface area contributed by atoms with Crippen LogP contribution < -0.4 is 0 Å². The van der Waals surface area contributed by atoms with E-state index >= 15 is 0 Å². The molecule has 2 aromatic heterocycles. The monoisotopic (exact) mass is 492 g/mol. The van der Waals surface area contributed by atoms with Gasteiger partial charge in [0.05, 0.1) is 30.7 Å². The minimum absolute atomic E-state index is 0.0486. The highest BCUT2D eigenvalue weighted by atomic mass is 32.1. The van der Waals surface area contributed by atoms with Crippen molar-refractivity contribution in [3.8, 4) is 0 Å². The van der Waals surface area contributed by atoms with E-state index in [4.69, 9.17) is 0 Å². The number of halogens is 4. The van der Waals surface area contributed by atoms with Crippen molar-refractivity contribution in [2.45, 2.75) is 45.8 Å². The van der Waals surface area contributed by atoms with E-state index in [0.717, 1.165) is 28.7 Å². The summed E-state index contributed by atoms with van der Waals surface area (Å²) in [5.41, 5.74) is 3.03. The second-order valence-corrected chi connectivity index (χ2v) is 9.34. The van der Waals surface area contributed by atoms with Crippen LogP contribution in [0.4, 0.5) is 17.6 Å². The summed E-state index contributed by atoms with van der Waals surface area (Å²) in [7, 11) is 0. The molecule has 0 bridgehead atoms. The van der Waals surface area contributed by atoms with Crippen LogP contribution in [0.25, 0.3) is 5.57 Å². The summed E-state index contributed by atoms with van der Waals surface area (Å²) in [6, 6.07) is 5.53. The highest BCUT2D eigenvalue weighted by Gasteiger charge is 2.33. The molecule has 0 fully saturated rings. The quantitative estimate of drug-likeness (QED) is 0.497. The van der Waals surface area contributed by atoms with Gasteiger partial charge in [0.1, 0.15) is 16.5 Å². The summed E-state index contributed by atoms with van der Waals surface area (Å²) < 4.78 is 52.3. The Hall–Kier alpha value is -3.01. The molecule has 0 spiro atoms. The number of carbonyl (C=O) groups excluding carboxylic acids is 1. The average molecular weight is 493 g/mol. The number of carbonyl (C=O) groups is 1. The zero-order valence-corrected chi connectivity index (χ0v) is 19.6. The number of pyridine rings is 1. The lowest BCUT2D eigenvalue weighted by Crippen LogP contribution is -2.28. The zero-order valence-electron chi connectivity index (χ0n) is 18.8. The summed E-state index contributed by atoms with van der Waals surface area (Å²) >= 11 is 0.636. The van der Waals surface area contributed by atoms with Gasteiger partial charge in [-0.3, -0.25) is 14.7 Å². The van der Waals surface area contributed by atoms with E-state index < -0.39 is 11.1 Å². The smallest absolute Gasteiger partial charge is 0.353 e. The van der Waals surface area contributed by atoms with Crippen LogP contribution in [0.2, 0.25) is 0 Å². The van der Waals surface area contributed by atoms with Gasteiger partial charge in [-0.15, -0.1) is 11.3 Å². The van der Waals surface area contributed by atoms with Crippen molar-refractivity contribution in [3.63, 3.8) is 0 Å². The highest BCUT2D eigenvalue weighted by molar-refractivity contribution is 7.12. The molecular formula is C24H24F4N4OS. The molecule has 4 heterocycles. The third-order valence-electron chi connectivity index (χ3n) is 5.87. The van der Waals surface area contributed by atoms with Gasteiger partial charge in [-0.2, -0.15) is 13.2 Å². The summed E-state index contributed by atoms with van der Waals surface area (Å²) in [6.45, 7) is 4.87. The topological polar surface area (TPSA) is 48.8 Å². The van der Waals surface area contributed by atoms with Gasteiger partial charge in [0.15, 0.2) is 0 Å². The Labute approximate surface area is 199 Å². The predicted octanol–water partition coefficient (Wildman–Crippen LogP) is 5.78. The Morgan fingerprint density at radius 2 is 1.97 bits per heavy atom. The van der Waals surface area contributed by atoms with Crippen LogP contribution in [-0.4, -0.2) is 40.1 Å². The minimum Gasteiger partial charge on any atom is -0.353 e. The number of amides is 1. The molecular weight excluding hydrogens is 468 g/mol. The van der Waals surface area contributed by atoms with Gasteiger partial charge in [-0.05, 0) is 55.2 Å². The molecule has 0 unspecified atom stereocenters. The standard InChI is InChI=1S/C24H24F4N4OS/c1-3-16-12-22(33)32(13-18-4-7-21(34-18)24(26,27)28)14-29-23(16)31-10-8-17(9-11-31)20-6-5-19(25)15(2)30-20/h4-8,14H,3,9-13H2,1-2H3. The van der Waals surface area contributed by atoms with Gasteiger partial charge >= 0.3 is 6.18 Å². The van der Waals surface area contributed by atoms with E-state index in [9.17, 15) is 22.4 Å². The van der Waals surface area contributed by atoms with Gasteiger partial charge in [0.25, 0.3) is 0 Å². The van der Waals surface area contributed by atoms with Crippen molar-refractivity contribution in [1.82, 2.24) is 14.8 Å². The first-order valence-corrected chi connectivity index (χ1v) is 11.8. The van der Waals surface area contributed by atoms with Gasteiger partial charge in [0, 0.05) is 18.0 Å². The summed E-state index contributed by atoms with van der Waals surface area (Å²) in [6.07, 6.45) is 0.559. The van der Waals surface area contributed by atoms with Crippen molar-refractivity contribution in [2.75, 3.05) is 13.1 Å².